The zero-order valence-electron chi connectivity index (χ0n) is 16.1. The minimum Gasteiger partial charge on any atom is -0.480 e. The van der Waals surface area contributed by atoms with Gasteiger partial charge in [0, 0.05) is 12.6 Å². The van der Waals surface area contributed by atoms with Crippen LogP contribution >= 0.6 is 0 Å². The summed E-state index contributed by atoms with van der Waals surface area (Å²) in [7, 11) is 1.50. The van der Waals surface area contributed by atoms with Gasteiger partial charge in [0.2, 0.25) is 0 Å². The number of hydrogen-bond acceptors (Lipinski definition) is 3. The number of nitrogens with zero attached hydrogens (tertiary/aromatic N) is 3. The van der Waals surface area contributed by atoms with Gasteiger partial charge in [-0.2, -0.15) is 26.3 Å². The highest BCUT2D eigenvalue weighted by Gasteiger charge is 2.36. The number of benzene rings is 2. The topological polar surface area (TPSA) is 39.9 Å². The van der Waals surface area contributed by atoms with Crippen molar-refractivity contribution in [3.05, 3.63) is 65.5 Å². The number of halogens is 6. The van der Waals surface area contributed by atoms with Crippen LogP contribution < -0.4 is 4.74 Å². The van der Waals surface area contributed by atoms with Gasteiger partial charge in [-0.25, -0.2) is 0 Å². The number of aromatic nitrogens is 3. The van der Waals surface area contributed by atoms with Crippen LogP contribution in [0.4, 0.5) is 26.3 Å². The summed E-state index contributed by atoms with van der Waals surface area (Å²) in [6, 6.07) is 9.08. The van der Waals surface area contributed by atoms with Gasteiger partial charge in [0.25, 0.3) is 0 Å². The molecule has 1 aromatic heterocycles. The van der Waals surface area contributed by atoms with Crippen molar-refractivity contribution in [1.82, 2.24) is 14.8 Å². The fourth-order valence-electron chi connectivity index (χ4n) is 3.07. The van der Waals surface area contributed by atoms with E-state index in [0.29, 0.717) is 0 Å². The van der Waals surface area contributed by atoms with E-state index in [1.54, 1.807) is 13.8 Å². The molecule has 1 heterocycles. The maximum atomic E-state index is 13.3. The van der Waals surface area contributed by atoms with E-state index in [1.807, 2.05) is 0 Å². The van der Waals surface area contributed by atoms with Gasteiger partial charge in [0.1, 0.15) is 5.75 Å². The molecular formula is C20H17F6N3O. The first-order chi connectivity index (χ1) is 13.8. The third-order valence-electron chi connectivity index (χ3n) is 4.44. The minimum atomic E-state index is -4.57. The molecule has 0 saturated carbocycles. The Bertz CT molecular complexity index is 1040. The van der Waals surface area contributed by atoms with E-state index in [9.17, 15) is 26.3 Å². The van der Waals surface area contributed by atoms with Gasteiger partial charge >= 0.3 is 12.4 Å². The van der Waals surface area contributed by atoms with Gasteiger partial charge in [0.15, 0.2) is 17.2 Å². The van der Waals surface area contributed by atoms with Crippen LogP contribution in [0, 0.1) is 0 Å². The van der Waals surface area contributed by atoms with Crippen LogP contribution in [0.1, 0.15) is 30.8 Å². The Morgan fingerprint density at radius 1 is 0.800 bits per heavy atom. The van der Waals surface area contributed by atoms with Crippen LogP contribution in [0.2, 0.25) is 0 Å². The molecule has 2 aromatic carbocycles. The third-order valence-corrected chi connectivity index (χ3v) is 4.44. The van der Waals surface area contributed by atoms with Crippen molar-refractivity contribution in [2.75, 3.05) is 0 Å². The van der Waals surface area contributed by atoms with Crippen LogP contribution in [0.15, 0.2) is 48.5 Å². The summed E-state index contributed by atoms with van der Waals surface area (Å²) in [5.41, 5.74) is -3.00. The molecule has 30 heavy (non-hydrogen) atoms. The second kappa shape index (κ2) is 7.33. The van der Waals surface area contributed by atoms with Gasteiger partial charge in [0.05, 0.1) is 11.1 Å². The molecule has 0 unspecified atom stereocenters. The highest BCUT2D eigenvalue weighted by molar-refractivity contribution is 5.61. The molecular weight excluding hydrogens is 412 g/mol. The number of alkyl halides is 6. The van der Waals surface area contributed by atoms with Gasteiger partial charge in [-0.1, -0.05) is 18.2 Å². The molecule has 0 bridgehead atoms. The summed E-state index contributed by atoms with van der Waals surface area (Å²) in [5, 5.41) is 7.88. The second-order valence-electron chi connectivity index (χ2n) is 7.08. The van der Waals surface area contributed by atoms with Crippen molar-refractivity contribution in [2.45, 2.75) is 31.8 Å². The van der Waals surface area contributed by atoms with E-state index in [-0.39, 0.29) is 23.0 Å². The van der Waals surface area contributed by atoms with Crippen LogP contribution in [0.25, 0.3) is 11.4 Å². The molecule has 4 nitrogen and oxygen atoms in total. The molecule has 0 N–H and O–H groups in total. The lowest BCUT2D eigenvalue weighted by molar-refractivity contribution is -0.138. The fraction of sp³-hybridized carbons (Fsp3) is 0.300. The van der Waals surface area contributed by atoms with Crippen molar-refractivity contribution in [3.63, 3.8) is 0 Å². The quantitative estimate of drug-likeness (QED) is 0.490. The van der Waals surface area contributed by atoms with Crippen molar-refractivity contribution >= 4 is 0 Å². The Morgan fingerprint density at radius 2 is 1.40 bits per heavy atom. The van der Waals surface area contributed by atoms with E-state index >= 15 is 0 Å². The lowest BCUT2D eigenvalue weighted by Crippen LogP contribution is -2.29. The largest absolute Gasteiger partial charge is 0.480 e. The molecule has 160 valence electrons. The molecule has 10 heteroatoms. The smallest absolute Gasteiger partial charge is 0.417 e. The summed E-state index contributed by atoms with van der Waals surface area (Å²) in [6.07, 6.45) is -9.05. The molecule has 0 saturated heterocycles. The lowest BCUT2D eigenvalue weighted by atomic mass is 10.1. The average molecular weight is 429 g/mol. The number of rotatable bonds is 4. The van der Waals surface area contributed by atoms with Crippen LogP contribution in [0.3, 0.4) is 0 Å². The summed E-state index contributed by atoms with van der Waals surface area (Å²) in [5.74, 6) is 0.338. The Kier molecular flexibility index (Phi) is 5.30. The summed E-state index contributed by atoms with van der Waals surface area (Å²) >= 11 is 0. The maximum absolute atomic E-state index is 13.3. The van der Waals surface area contributed by atoms with Crippen molar-refractivity contribution in [3.8, 4) is 17.1 Å². The van der Waals surface area contributed by atoms with Crippen molar-refractivity contribution in [2.24, 2.45) is 7.05 Å². The van der Waals surface area contributed by atoms with E-state index < -0.39 is 29.1 Å². The van der Waals surface area contributed by atoms with E-state index in [1.165, 1.54) is 41.9 Å². The summed E-state index contributed by atoms with van der Waals surface area (Å²) in [6.45, 7) is 3.18. The predicted octanol–water partition coefficient (Wildman–Crippen LogP) is 5.83. The Labute approximate surface area is 168 Å². The first-order valence-electron chi connectivity index (χ1n) is 8.73. The minimum absolute atomic E-state index is 0.0120. The van der Waals surface area contributed by atoms with E-state index in [0.717, 1.165) is 18.2 Å². The van der Waals surface area contributed by atoms with Gasteiger partial charge in [-0.15, -0.1) is 10.2 Å². The SMILES string of the molecule is Cn1c(-c2ccccc2C(F)(F)F)nnc1C(C)(C)Oc1ccc(C(F)(F)F)cc1. The molecule has 0 atom stereocenters. The zero-order valence-corrected chi connectivity index (χ0v) is 16.1. The van der Waals surface area contributed by atoms with Crippen LogP contribution in [-0.2, 0) is 25.0 Å². The average Bonchev–Trinajstić information content (AvgIpc) is 3.02. The lowest BCUT2D eigenvalue weighted by Gasteiger charge is -2.25. The van der Waals surface area contributed by atoms with Gasteiger partial charge in [-0.3, -0.25) is 0 Å². The number of ether oxygens (including phenoxy) is 1. The van der Waals surface area contributed by atoms with Crippen LogP contribution in [0.5, 0.6) is 5.75 Å². The zero-order chi connectivity index (χ0) is 22.3. The van der Waals surface area contributed by atoms with Gasteiger partial charge < -0.3 is 9.30 Å². The predicted molar refractivity (Wildman–Crippen MR) is 96.5 cm³/mol. The Hall–Kier alpha value is -3.04. The number of hydrogen-bond donors (Lipinski definition) is 0. The maximum Gasteiger partial charge on any atom is 0.417 e. The standard InChI is InChI=1S/C20H17F6N3O/c1-18(2,30-13-10-8-12(9-11-13)19(21,22)23)17-28-27-16(29(17)3)14-6-4-5-7-15(14)20(24,25)26/h4-11H,1-3H3. The molecule has 0 aliphatic rings. The monoisotopic (exact) mass is 429 g/mol. The molecule has 0 aliphatic carbocycles. The fourth-order valence-corrected chi connectivity index (χ4v) is 3.07. The molecule has 3 rings (SSSR count). The van der Waals surface area contributed by atoms with Gasteiger partial charge in [-0.05, 0) is 44.2 Å². The molecule has 0 aliphatic heterocycles. The first kappa shape index (κ1) is 21.7. The third kappa shape index (κ3) is 4.27. The first-order valence-corrected chi connectivity index (χ1v) is 8.73. The molecule has 3 aromatic rings. The Balaban J connectivity index is 1.94. The second-order valence-corrected chi connectivity index (χ2v) is 7.08. The molecule has 0 spiro atoms. The van der Waals surface area contributed by atoms with Crippen LogP contribution in [-0.4, -0.2) is 14.8 Å². The molecule has 0 fully saturated rings. The van der Waals surface area contributed by atoms with E-state index in [4.69, 9.17) is 4.74 Å². The highest BCUT2D eigenvalue weighted by atomic mass is 19.4. The Morgan fingerprint density at radius 3 is 1.97 bits per heavy atom. The molecule has 0 amide bonds. The highest BCUT2D eigenvalue weighted by Crippen LogP contribution is 2.37. The van der Waals surface area contributed by atoms with E-state index in [2.05, 4.69) is 10.2 Å². The van der Waals surface area contributed by atoms with Crippen molar-refractivity contribution in [1.29, 1.82) is 0 Å². The van der Waals surface area contributed by atoms with Crippen molar-refractivity contribution < 1.29 is 31.1 Å². The molecule has 0 radical (unpaired) electrons. The summed E-state index contributed by atoms with van der Waals surface area (Å²) in [4.78, 5) is 0. The normalized spacial score (nSPS) is 12.8. The summed E-state index contributed by atoms with van der Waals surface area (Å²) < 4.78 is 85.3.